The van der Waals surface area contributed by atoms with Gasteiger partial charge in [-0.15, -0.1) is 0 Å². The molecule has 1 aromatic heterocycles. The molecule has 8 heteroatoms. The monoisotopic (exact) mass is 492 g/mol. The number of ether oxygens (including phenoxy) is 2. The fourth-order valence-electron chi connectivity index (χ4n) is 4.36. The maximum atomic E-state index is 5.85. The number of aromatic nitrogens is 2. The molecule has 2 heterocycles. The van der Waals surface area contributed by atoms with Crippen LogP contribution in [0.4, 0.5) is 0 Å². The summed E-state index contributed by atoms with van der Waals surface area (Å²) in [6.07, 6.45) is 3.32. The standard InChI is InChI=1S/C27H32N4O3S/c1-6-7-8-14-31-18(3)23(26-29-25(30-34-26)20-11-9-10-17(2)15-20)24(28-27(31)35)19-12-13-21(32-4)22(16-19)33-5/h9-13,15-16,24H,6-8,14H2,1-5H3,(H,28,35). The highest BCUT2D eigenvalue weighted by Crippen LogP contribution is 2.40. The summed E-state index contributed by atoms with van der Waals surface area (Å²) >= 11 is 5.80. The normalized spacial score (nSPS) is 15.9. The van der Waals surface area contributed by atoms with E-state index < -0.39 is 0 Å². The van der Waals surface area contributed by atoms with Gasteiger partial charge in [-0.3, -0.25) is 0 Å². The molecule has 4 rings (SSSR count). The van der Waals surface area contributed by atoms with Crippen LogP contribution < -0.4 is 14.8 Å². The molecule has 0 spiro atoms. The highest BCUT2D eigenvalue weighted by molar-refractivity contribution is 7.80. The van der Waals surface area contributed by atoms with Crippen LogP contribution in [0, 0.1) is 6.92 Å². The van der Waals surface area contributed by atoms with E-state index in [0.717, 1.165) is 53.8 Å². The van der Waals surface area contributed by atoms with Gasteiger partial charge >= 0.3 is 0 Å². The lowest BCUT2D eigenvalue weighted by atomic mass is 9.94. The van der Waals surface area contributed by atoms with Crippen molar-refractivity contribution in [1.29, 1.82) is 0 Å². The van der Waals surface area contributed by atoms with Crippen molar-refractivity contribution in [2.75, 3.05) is 20.8 Å². The van der Waals surface area contributed by atoms with Crippen LogP contribution in [0.25, 0.3) is 17.0 Å². The lowest BCUT2D eigenvalue weighted by Gasteiger charge is -2.37. The number of thiocarbonyl (C=S) groups is 1. The molecule has 35 heavy (non-hydrogen) atoms. The average molecular weight is 493 g/mol. The van der Waals surface area contributed by atoms with Crippen molar-refractivity contribution in [3.63, 3.8) is 0 Å². The third kappa shape index (κ3) is 5.17. The zero-order valence-corrected chi connectivity index (χ0v) is 21.7. The van der Waals surface area contributed by atoms with Gasteiger partial charge in [-0.05, 0) is 56.2 Å². The van der Waals surface area contributed by atoms with Crippen LogP contribution in [-0.4, -0.2) is 40.9 Å². The van der Waals surface area contributed by atoms with Crippen molar-refractivity contribution in [3.05, 3.63) is 65.2 Å². The number of aryl methyl sites for hydroxylation is 1. The van der Waals surface area contributed by atoms with Gasteiger partial charge in [-0.2, -0.15) is 4.98 Å². The van der Waals surface area contributed by atoms with Gasteiger partial charge in [-0.25, -0.2) is 0 Å². The van der Waals surface area contributed by atoms with Gasteiger partial charge in [0.1, 0.15) is 0 Å². The first-order valence-electron chi connectivity index (χ1n) is 11.9. The Labute approximate surface area is 212 Å². The summed E-state index contributed by atoms with van der Waals surface area (Å²) in [6, 6.07) is 13.6. The average Bonchev–Trinajstić information content (AvgIpc) is 3.35. The van der Waals surface area contributed by atoms with E-state index in [1.54, 1.807) is 14.2 Å². The van der Waals surface area contributed by atoms with Gasteiger partial charge in [-0.1, -0.05) is 54.8 Å². The Bertz CT molecular complexity index is 1240. The molecule has 1 atom stereocenters. The Morgan fingerprint density at radius 1 is 1.06 bits per heavy atom. The summed E-state index contributed by atoms with van der Waals surface area (Å²) < 4.78 is 16.8. The van der Waals surface area contributed by atoms with E-state index in [1.807, 2.05) is 49.4 Å². The van der Waals surface area contributed by atoms with Gasteiger partial charge < -0.3 is 24.2 Å². The molecule has 0 aliphatic carbocycles. The van der Waals surface area contributed by atoms with Crippen LogP contribution in [0.3, 0.4) is 0 Å². The van der Waals surface area contributed by atoms with E-state index in [9.17, 15) is 0 Å². The largest absolute Gasteiger partial charge is 0.493 e. The predicted octanol–water partition coefficient (Wildman–Crippen LogP) is 5.91. The second-order valence-corrected chi connectivity index (χ2v) is 9.03. The number of hydrogen-bond acceptors (Lipinski definition) is 6. The smallest absolute Gasteiger partial charge is 0.258 e. The minimum Gasteiger partial charge on any atom is -0.493 e. The van der Waals surface area contributed by atoms with Crippen LogP contribution in [0.2, 0.25) is 0 Å². The third-order valence-corrected chi connectivity index (χ3v) is 6.59. The summed E-state index contributed by atoms with van der Waals surface area (Å²) in [5.41, 5.74) is 4.92. The van der Waals surface area contributed by atoms with Crippen molar-refractivity contribution in [2.24, 2.45) is 0 Å². The van der Waals surface area contributed by atoms with Gasteiger partial charge in [0.25, 0.3) is 5.89 Å². The number of hydrogen-bond donors (Lipinski definition) is 1. The van der Waals surface area contributed by atoms with Gasteiger partial charge in [0.2, 0.25) is 5.82 Å². The van der Waals surface area contributed by atoms with Crippen molar-refractivity contribution in [3.8, 4) is 22.9 Å². The van der Waals surface area contributed by atoms with Gasteiger partial charge in [0.15, 0.2) is 16.6 Å². The zero-order valence-electron chi connectivity index (χ0n) is 20.9. The molecule has 0 radical (unpaired) electrons. The molecule has 184 valence electrons. The van der Waals surface area contributed by atoms with Crippen LogP contribution >= 0.6 is 12.2 Å². The number of benzene rings is 2. The number of nitrogens with one attached hydrogen (secondary N) is 1. The molecule has 2 aromatic carbocycles. The molecule has 0 saturated heterocycles. The second kappa shape index (κ2) is 10.9. The number of methoxy groups -OCH3 is 2. The van der Waals surface area contributed by atoms with E-state index in [-0.39, 0.29) is 6.04 Å². The molecule has 0 bridgehead atoms. The summed E-state index contributed by atoms with van der Waals surface area (Å²) in [4.78, 5) is 6.94. The first-order valence-corrected chi connectivity index (χ1v) is 12.3. The Morgan fingerprint density at radius 2 is 1.86 bits per heavy atom. The predicted molar refractivity (Wildman–Crippen MR) is 141 cm³/mol. The molecular formula is C27H32N4O3S. The summed E-state index contributed by atoms with van der Waals surface area (Å²) in [5, 5.41) is 8.49. The Balaban J connectivity index is 1.80. The first-order chi connectivity index (χ1) is 17.0. The number of allylic oxidation sites excluding steroid dienone is 1. The van der Waals surface area contributed by atoms with Crippen molar-refractivity contribution < 1.29 is 14.0 Å². The first kappa shape index (κ1) is 24.7. The van der Waals surface area contributed by atoms with Crippen molar-refractivity contribution in [1.82, 2.24) is 20.4 Å². The summed E-state index contributed by atoms with van der Waals surface area (Å²) in [6.45, 7) is 7.13. The van der Waals surface area contributed by atoms with E-state index in [4.69, 9.17) is 31.2 Å². The lowest BCUT2D eigenvalue weighted by molar-refractivity contribution is 0.354. The molecule has 0 fully saturated rings. The topological polar surface area (TPSA) is 72.7 Å². The maximum absolute atomic E-state index is 5.85. The van der Waals surface area contributed by atoms with E-state index in [1.165, 1.54) is 0 Å². The van der Waals surface area contributed by atoms with E-state index in [2.05, 4.69) is 29.2 Å². The molecule has 3 aromatic rings. The highest BCUT2D eigenvalue weighted by atomic mass is 32.1. The summed E-state index contributed by atoms with van der Waals surface area (Å²) in [5.74, 6) is 2.33. The molecule has 0 amide bonds. The fourth-order valence-corrected chi connectivity index (χ4v) is 4.71. The van der Waals surface area contributed by atoms with Crippen LogP contribution in [0.15, 0.2) is 52.7 Å². The number of unbranched alkanes of at least 4 members (excludes halogenated alkanes) is 2. The maximum Gasteiger partial charge on any atom is 0.258 e. The molecule has 1 aliphatic rings. The molecule has 0 saturated carbocycles. The molecule has 1 N–H and O–H groups in total. The Hall–Kier alpha value is -3.39. The number of rotatable bonds is 9. The fraction of sp³-hybridized carbons (Fsp3) is 0.370. The SMILES string of the molecule is CCCCCN1C(=S)NC(c2ccc(OC)c(OC)c2)C(c2nc(-c3cccc(C)c3)no2)=C1C. The Morgan fingerprint density at radius 3 is 2.57 bits per heavy atom. The lowest BCUT2D eigenvalue weighted by Crippen LogP contribution is -2.46. The second-order valence-electron chi connectivity index (χ2n) is 8.65. The van der Waals surface area contributed by atoms with Crippen LogP contribution in [0.1, 0.15) is 56.2 Å². The molecule has 7 nitrogen and oxygen atoms in total. The Kier molecular flexibility index (Phi) is 7.70. The highest BCUT2D eigenvalue weighted by Gasteiger charge is 2.34. The minimum atomic E-state index is -0.282. The van der Waals surface area contributed by atoms with Gasteiger partial charge in [0, 0.05) is 17.8 Å². The third-order valence-electron chi connectivity index (χ3n) is 6.26. The van der Waals surface area contributed by atoms with E-state index >= 15 is 0 Å². The van der Waals surface area contributed by atoms with Crippen molar-refractivity contribution >= 4 is 22.9 Å². The summed E-state index contributed by atoms with van der Waals surface area (Å²) in [7, 11) is 3.25. The van der Waals surface area contributed by atoms with E-state index in [0.29, 0.717) is 28.3 Å². The molecule has 1 aliphatic heterocycles. The van der Waals surface area contributed by atoms with Crippen LogP contribution in [0.5, 0.6) is 11.5 Å². The van der Waals surface area contributed by atoms with Crippen LogP contribution in [-0.2, 0) is 0 Å². The molecule has 1 unspecified atom stereocenters. The quantitative estimate of drug-likeness (QED) is 0.292. The zero-order chi connectivity index (χ0) is 24.9. The molecular weight excluding hydrogens is 460 g/mol. The number of nitrogens with zero attached hydrogens (tertiary/aromatic N) is 3. The van der Waals surface area contributed by atoms with Gasteiger partial charge in [0.05, 0.1) is 25.8 Å². The van der Waals surface area contributed by atoms with Crippen molar-refractivity contribution in [2.45, 2.75) is 46.1 Å². The minimum absolute atomic E-state index is 0.282.